The van der Waals surface area contributed by atoms with Crippen LogP contribution < -0.4 is 0 Å². The van der Waals surface area contributed by atoms with Gasteiger partial charge in [0.15, 0.2) is 0 Å². The molecule has 0 unspecified atom stereocenters. The van der Waals surface area contributed by atoms with E-state index in [4.69, 9.17) is 0 Å². The van der Waals surface area contributed by atoms with Crippen molar-refractivity contribution in [1.82, 2.24) is 4.90 Å². The lowest BCUT2D eigenvalue weighted by molar-refractivity contribution is 0.0749. The summed E-state index contributed by atoms with van der Waals surface area (Å²) in [5.74, 6) is 0.187. The van der Waals surface area contributed by atoms with E-state index in [0.29, 0.717) is 0 Å². The zero-order chi connectivity index (χ0) is 10.1. The molecule has 0 saturated carbocycles. The minimum absolute atomic E-state index is 0.187. The third-order valence-electron chi connectivity index (χ3n) is 2.62. The number of amides is 1. The number of hydrogen-bond donors (Lipinski definition) is 0. The fourth-order valence-electron chi connectivity index (χ4n) is 1.79. The van der Waals surface area contributed by atoms with E-state index in [-0.39, 0.29) is 5.91 Å². The molecule has 2 nitrogen and oxygen atoms in total. The molecule has 0 radical (unpaired) electrons. The quantitative estimate of drug-likeness (QED) is 0.729. The van der Waals surface area contributed by atoms with Crippen LogP contribution in [0.2, 0.25) is 0 Å². The molecular formula is C11H12INO. The smallest absolute Gasteiger partial charge is 0.254 e. The number of fused-ring (bicyclic) bond motifs is 1. The molecule has 0 saturated heterocycles. The highest BCUT2D eigenvalue weighted by Crippen LogP contribution is 2.20. The predicted octanol–water partition coefficient (Wildman–Crippen LogP) is 2.31. The van der Waals surface area contributed by atoms with E-state index >= 15 is 0 Å². The standard InChI is InChI=1S/C11H12INO/c1-2-13-6-5-8-3-4-9(12)7-10(8)11(13)14/h3-4,7H,2,5-6H2,1H3. The molecule has 1 heterocycles. The number of carbonyl (C=O) groups excluding carboxylic acids is 1. The Hall–Kier alpha value is -0.580. The lowest BCUT2D eigenvalue weighted by Crippen LogP contribution is -2.37. The van der Waals surface area contributed by atoms with Crippen molar-refractivity contribution in [3.05, 3.63) is 32.9 Å². The number of carbonyl (C=O) groups is 1. The number of rotatable bonds is 1. The second-order valence-corrected chi connectivity index (χ2v) is 4.68. The van der Waals surface area contributed by atoms with Crippen LogP contribution in [0.15, 0.2) is 18.2 Å². The molecule has 0 fully saturated rings. The average Bonchev–Trinajstić information content (AvgIpc) is 2.20. The van der Waals surface area contributed by atoms with Gasteiger partial charge in [-0.3, -0.25) is 4.79 Å². The first-order chi connectivity index (χ1) is 6.72. The third-order valence-corrected chi connectivity index (χ3v) is 3.29. The summed E-state index contributed by atoms with van der Waals surface area (Å²) in [5, 5.41) is 0. The number of nitrogens with zero attached hydrogens (tertiary/aromatic N) is 1. The van der Waals surface area contributed by atoms with Crippen LogP contribution in [0.25, 0.3) is 0 Å². The molecule has 1 aliphatic heterocycles. The maximum Gasteiger partial charge on any atom is 0.254 e. The molecule has 0 bridgehead atoms. The summed E-state index contributed by atoms with van der Waals surface area (Å²) in [6.07, 6.45) is 0.992. The number of likely N-dealkylation sites (N-methyl/N-ethyl adjacent to an activating group) is 1. The summed E-state index contributed by atoms with van der Waals surface area (Å²) in [5.41, 5.74) is 2.09. The normalized spacial score (nSPS) is 15.6. The van der Waals surface area contributed by atoms with Crippen molar-refractivity contribution in [1.29, 1.82) is 0 Å². The topological polar surface area (TPSA) is 20.3 Å². The Morgan fingerprint density at radius 3 is 3.00 bits per heavy atom. The first kappa shape index (κ1) is 9.96. The summed E-state index contributed by atoms with van der Waals surface area (Å²) >= 11 is 2.24. The number of halogens is 1. The molecule has 0 N–H and O–H groups in total. The van der Waals surface area contributed by atoms with Crippen LogP contribution in [0.4, 0.5) is 0 Å². The molecule has 3 heteroatoms. The molecule has 2 rings (SSSR count). The summed E-state index contributed by atoms with van der Waals surface area (Å²) in [6.45, 7) is 3.70. The molecule has 1 aromatic rings. The van der Waals surface area contributed by atoms with Crippen molar-refractivity contribution in [3.8, 4) is 0 Å². The molecule has 0 aromatic heterocycles. The van der Waals surface area contributed by atoms with Gasteiger partial charge in [-0.05, 0) is 53.6 Å². The molecule has 0 aliphatic carbocycles. The van der Waals surface area contributed by atoms with Crippen LogP contribution in [0.3, 0.4) is 0 Å². The van der Waals surface area contributed by atoms with Gasteiger partial charge in [-0.2, -0.15) is 0 Å². The van der Waals surface area contributed by atoms with Crippen LogP contribution in [-0.2, 0) is 6.42 Å². The fourth-order valence-corrected chi connectivity index (χ4v) is 2.29. The molecule has 0 atom stereocenters. The minimum Gasteiger partial charge on any atom is -0.339 e. The van der Waals surface area contributed by atoms with E-state index < -0.39 is 0 Å². The second-order valence-electron chi connectivity index (χ2n) is 3.44. The van der Waals surface area contributed by atoms with Gasteiger partial charge in [0, 0.05) is 22.2 Å². The van der Waals surface area contributed by atoms with E-state index in [1.807, 2.05) is 17.9 Å². The van der Waals surface area contributed by atoms with Crippen LogP contribution in [-0.4, -0.2) is 23.9 Å². The van der Waals surface area contributed by atoms with Gasteiger partial charge in [0.1, 0.15) is 0 Å². The SMILES string of the molecule is CCN1CCc2ccc(I)cc2C1=O. The van der Waals surface area contributed by atoms with Gasteiger partial charge in [-0.1, -0.05) is 6.07 Å². The molecule has 1 aromatic carbocycles. The van der Waals surface area contributed by atoms with Gasteiger partial charge >= 0.3 is 0 Å². The molecule has 14 heavy (non-hydrogen) atoms. The Labute approximate surface area is 97.4 Å². The van der Waals surface area contributed by atoms with Crippen molar-refractivity contribution in [2.75, 3.05) is 13.1 Å². The fraction of sp³-hybridized carbons (Fsp3) is 0.364. The summed E-state index contributed by atoms with van der Waals surface area (Å²) < 4.78 is 1.13. The van der Waals surface area contributed by atoms with E-state index in [2.05, 4.69) is 34.7 Å². The molecule has 1 aliphatic rings. The number of hydrogen-bond acceptors (Lipinski definition) is 1. The summed E-state index contributed by atoms with van der Waals surface area (Å²) in [4.78, 5) is 13.8. The average molecular weight is 301 g/mol. The largest absolute Gasteiger partial charge is 0.339 e. The van der Waals surface area contributed by atoms with Crippen LogP contribution >= 0.6 is 22.6 Å². The first-order valence-electron chi connectivity index (χ1n) is 4.80. The van der Waals surface area contributed by atoms with Gasteiger partial charge in [0.2, 0.25) is 0 Å². The minimum atomic E-state index is 0.187. The Kier molecular flexibility index (Phi) is 2.76. The van der Waals surface area contributed by atoms with Crippen LogP contribution in [0.1, 0.15) is 22.8 Å². The Balaban J connectivity index is 2.43. The van der Waals surface area contributed by atoms with E-state index in [1.54, 1.807) is 0 Å². The van der Waals surface area contributed by atoms with Crippen LogP contribution in [0.5, 0.6) is 0 Å². The van der Waals surface area contributed by atoms with E-state index in [9.17, 15) is 4.79 Å². The first-order valence-corrected chi connectivity index (χ1v) is 5.88. The van der Waals surface area contributed by atoms with Gasteiger partial charge in [-0.25, -0.2) is 0 Å². The molecule has 1 amide bonds. The van der Waals surface area contributed by atoms with Gasteiger partial charge in [0.05, 0.1) is 0 Å². The highest BCUT2D eigenvalue weighted by Gasteiger charge is 2.22. The zero-order valence-corrected chi connectivity index (χ0v) is 10.2. The summed E-state index contributed by atoms with van der Waals surface area (Å²) in [6, 6.07) is 6.12. The maximum absolute atomic E-state index is 11.9. The van der Waals surface area contributed by atoms with E-state index in [1.165, 1.54) is 5.56 Å². The lowest BCUT2D eigenvalue weighted by Gasteiger charge is -2.27. The Morgan fingerprint density at radius 1 is 1.50 bits per heavy atom. The van der Waals surface area contributed by atoms with Crippen molar-refractivity contribution in [2.45, 2.75) is 13.3 Å². The Morgan fingerprint density at radius 2 is 2.29 bits per heavy atom. The van der Waals surface area contributed by atoms with Gasteiger partial charge in [-0.15, -0.1) is 0 Å². The maximum atomic E-state index is 11.9. The van der Waals surface area contributed by atoms with Gasteiger partial charge in [0.25, 0.3) is 5.91 Å². The molecule has 0 spiro atoms. The molecular weight excluding hydrogens is 289 g/mol. The Bertz CT molecular complexity index is 376. The van der Waals surface area contributed by atoms with Crippen molar-refractivity contribution in [3.63, 3.8) is 0 Å². The highest BCUT2D eigenvalue weighted by atomic mass is 127. The molecule has 74 valence electrons. The number of benzene rings is 1. The van der Waals surface area contributed by atoms with Crippen molar-refractivity contribution < 1.29 is 4.79 Å². The van der Waals surface area contributed by atoms with Crippen LogP contribution in [0, 0.1) is 3.57 Å². The van der Waals surface area contributed by atoms with Gasteiger partial charge < -0.3 is 4.90 Å². The monoisotopic (exact) mass is 301 g/mol. The summed E-state index contributed by atoms with van der Waals surface area (Å²) in [7, 11) is 0. The lowest BCUT2D eigenvalue weighted by atomic mass is 9.99. The van der Waals surface area contributed by atoms with Crippen molar-refractivity contribution in [2.24, 2.45) is 0 Å². The highest BCUT2D eigenvalue weighted by molar-refractivity contribution is 14.1. The van der Waals surface area contributed by atoms with E-state index in [0.717, 1.165) is 28.6 Å². The van der Waals surface area contributed by atoms with Crippen molar-refractivity contribution >= 4 is 28.5 Å². The third kappa shape index (κ3) is 1.65. The second kappa shape index (κ2) is 3.88. The predicted molar refractivity (Wildman–Crippen MR) is 64.4 cm³/mol. The zero-order valence-electron chi connectivity index (χ0n) is 8.09.